The van der Waals surface area contributed by atoms with Crippen LogP contribution in [0.3, 0.4) is 0 Å². The van der Waals surface area contributed by atoms with Crippen molar-refractivity contribution in [3.05, 3.63) is 63.3 Å². The van der Waals surface area contributed by atoms with Gasteiger partial charge in [0.2, 0.25) is 0 Å². The van der Waals surface area contributed by atoms with Gasteiger partial charge < -0.3 is 19.9 Å². The van der Waals surface area contributed by atoms with E-state index in [-0.39, 0.29) is 6.10 Å². The van der Waals surface area contributed by atoms with E-state index in [9.17, 15) is 0 Å². The Kier molecular flexibility index (Phi) is 8.10. The summed E-state index contributed by atoms with van der Waals surface area (Å²) >= 11 is 7.69. The molecule has 0 aliphatic rings. The minimum Gasteiger partial charge on any atom is -0.489 e. The summed E-state index contributed by atoms with van der Waals surface area (Å²) in [4.78, 5) is 6.02. The van der Waals surface area contributed by atoms with Crippen molar-refractivity contribution in [1.82, 2.24) is 25.4 Å². The number of guanidine groups is 1. The van der Waals surface area contributed by atoms with Crippen LogP contribution in [0, 0.1) is 6.92 Å². The van der Waals surface area contributed by atoms with Gasteiger partial charge >= 0.3 is 0 Å². The van der Waals surface area contributed by atoms with Crippen molar-refractivity contribution in [3.63, 3.8) is 0 Å². The third-order valence-electron chi connectivity index (χ3n) is 4.51. The second-order valence-corrected chi connectivity index (χ2v) is 8.38. The van der Waals surface area contributed by atoms with E-state index in [0.717, 1.165) is 36.3 Å². The maximum absolute atomic E-state index is 5.94. The Morgan fingerprint density at radius 3 is 2.70 bits per heavy atom. The van der Waals surface area contributed by atoms with Crippen molar-refractivity contribution in [2.45, 2.75) is 32.9 Å². The molecule has 0 bridgehead atoms. The molecule has 2 N–H and O–H groups in total. The number of benzene rings is 1. The Hall–Kier alpha value is -2.58. The zero-order valence-electron chi connectivity index (χ0n) is 17.4. The normalized spacial score (nSPS) is 12.6. The number of halogens is 1. The molecule has 1 atom stereocenters. The molecule has 3 aromatic rings. The van der Waals surface area contributed by atoms with E-state index >= 15 is 0 Å². The monoisotopic (exact) mass is 446 g/mol. The summed E-state index contributed by atoms with van der Waals surface area (Å²) in [6.45, 7) is 5.77. The number of ether oxygens (including phenoxy) is 1. The molecule has 30 heavy (non-hydrogen) atoms. The van der Waals surface area contributed by atoms with Gasteiger partial charge in [-0.1, -0.05) is 17.7 Å². The topological polar surface area (TPSA) is 76.4 Å². The Morgan fingerprint density at radius 2 is 2.03 bits per heavy atom. The average Bonchev–Trinajstić information content (AvgIpc) is 3.36. The fourth-order valence-electron chi connectivity index (χ4n) is 2.70. The molecule has 1 aromatic carbocycles. The number of aromatic nitrogens is 3. The van der Waals surface area contributed by atoms with Crippen molar-refractivity contribution < 1.29 is 4.74 Å². The Balaban J connectivity index is 1.56. The summed E-state index contributed by atoms with van der Waals surface area (Å²) in [7, 11) is 1.94. The third-order valence-corrected chi connectivity index (χ3v) is 5.70. The number of nitrogens with one attached hydrogen (secondary N) is 2. The highest BCUT2D eigenvalue weighted by Crippen LogP contribution is 2.16. The fraction of sp³-hybridized carbons (Fsp3) is 0.381. The summed E-state index contributed by atoms with van der Waals surface area (Å²) in [5.41, 5.74) is 0. The van der Waals surface area contributed by atoms with Crippen molar-refractivity contribution in [2.24, 2.45) is 12.0 Å². The molecule has 7 nitrogen and oxygen atoms in total. The molecule has 2 aromatic heterocycles. The molecule has 0 spiro atoms. The fourth-order valence-corrected chi connectivity index (χ4v) is 3.53. The van der Waals surface area contributed by atoms with E-state index in [4.69, 9.17) is 16.3 Å². The molecule has 0 aliphatic heterocycles. The van der Waals surface area contributed by atoms with Crippen LogP contribution in [0.25, 0.3) is 0 Å². The summed E-state index contributed by atoms with van der Waals surface area (Å²) in [5, 5.41) is 17.8. The predicted octanol–water partition coefficient (Wildman–Crippen LogP) is 3.58. The highest BCUT2D eigenvalue weighted by atomic mass is 35.5. The first-order valence-electron chi connectivity index (χ1n) is 9.83. The van der Waals surface area contributed by atoms with Gasteiger partial charge in [0.15, 0.2) is 11.8 Å². The van der Waals surface area contributed by atoms with Crippen LogP contribution >= 0.6 is 22.9 Å². The van der Waals surface area contributed by atoms with Crippen LogP contribution in [0.1, 0.15) is 23.4 Å². The van der Waals surface area contributed by atoms with Gasteiger partial charge in [-0.2, -0.15) is 0 Å². The lowest BCUT2D eigenvalue weighted by molar-refractivity contribution is 0.224. The molecule has 9 heteroatoms. The Morgan fingerprint density at radius 1 is 1.23 bits per heavy atom. The molecule has 2 heterocycles. The predicted molar refractivity (Wildman–Crippen MR) is 122 cm³/mol. The van der Waals surface area contributed by atoms with Gasteiger partial charge in [-0.05, 0) is 56.0 Å². The quantitative estimate of drug-likeness (QED) is 0.388. The maximum Gasteiger partial charge on any atom is 0.191 e. The van der Waals surface area contributed by atoms with E-state index in [1.807, 2.05) is 49.7 Å². The second kappa shape index (κ2) is 11.0. The molecular weight excluding hydrogens is 420 g/mol. The summed E-state index contributed by atoms with van der Waals surface area (Å²) in [6, 6.07) is 11.6. The van der Waals surface area contributed by atoms with Crippen molar-refractivity contribution in [2.75, 3.05) is 13.1 Å². The molecule has 0 radical (unpaired) electrons. The number of nitrogens with zero attached hydrogens (tertiary/aromatic N) is 4. The Bertz CT molecular complexity index is 939. The molecule has 0 fully saturated rings. The minimum atomic E-state index is -0.0486. The summed E-state index contributed by atoms with van der Waals surface area (Å²) in [5.74, 6) is 3.19. The molecule has 0 saturated heterocycles. The van der Waals surface area contributed by atoms with E-state index in [1.54, 1.807) is 11.3 Å². The van der Waals surface area contributed by atoms with Gasteiger partial charge in [-0.3, -0.25) is 0 Å². The summed E-state index contributed by atoms with van der Waals surface area (Å²) < 4.78 is 7.88. The van der Waals surface area contributed by atoms with Crippen LogP contribution in [-0.4, -0.2) is 39.9 Å². The smallest absolute Gasteiger partial charge is 0.191 e. The van der Waals surface area contributed by atoms with Crippen LogP contribution in [0.2, 0.25) is 5.02 Å². The van der Waals surface area contributed by atoms with E-state index in [1.165, 1.54) is 4.88 Å². The highest BCUT2D eigenvalue weighted by Gasteiger charge is 2.08. The van der Waals surface area contributed by atoms with E-state index in [0.29, 0.717) is 18.1 Å². The van der Waals surface area contributed by atoms with E-state index in [2.05, 4.69) is 43.3 Å². The highest BCUT2D eigenvalue weighted by molar-refractivity contribution is 7.09. The molecule has 160 valence electrons. The van der Waals surface area contributed by atoms with Gasteiger partial charge in [0, 0.05) is 23.5 Å². The van der Waals surface area contributed by atoms with Crippen molar-refractivity contribution in [1.29, 1.82) is 0 Å². The largest absolute Gasteiger partial charge is 0.489 e. The molecule has 0 aliphatic carbocycles. The molecule has 0 amide bonds. The van der Waals surface area contributed by atoms with Crippen LogP contribution in [0.15, 0.2) is 46.8 Å². The van der Waals surface area contributed by atoms with Gasteiger partial charge in [0.05, 0.1) is 6.54 Å². The molecule has 1 unspecified atom stereocenters. The molecule has 0 saturated carbocycles. The zero-order chi connectivity index (χ0) is 21.3. The standard InChI is InChI=1S/C21H27ClN6OS/c1-15(29-18-8-6-17(22)7-9-18)13-24-21(23-11-10-19-5-4-12-30-19)25-14-20-27-26-16(2)28(20)3/h4-9,12,15H,10-11,13-14H2,1-3H3,(H2,23,24,25). The van der Waals surface area contributed by atoms with Crippen molar-refractivity contribution >= 4 is 28.9 Å². The number of aliphatic imine (C=N–C) groups is 1. The SMILES string of the molecule is Cc1nnc(CN=C(NCCc2cccs2)NCC(C)Oc2ccc(Cl)cc2)n1C. The first-order chi connectivity index (χ1) is 14.5. The second-order valence-electron chi connectivity index (χ2n) is 6.91. The van der Waals surface area contributed by atoms with E-state index < -0.39 is 0 Å². The number of rotatable bonds is 9. The molecular formula is C21H27ClN6OS. The van der Waals surface area contributed by atoms with Gasteiger partial charge in [-0.15, -0.1) is 21.5 Å². The Labute approximate surface area is 186 Å². The van der Waals surface area contributed by atoms with Crippen LogP contribution in [-0.2, 0) is 20.0 Å². The third kappa shape index (κ3) is 6.74. The maximum atomic E-state index is 5.94. The number of thiophene rings is 1. The minimum absolute atomic E-state index is 0.0486. The number of hydrogen-bond donors (Lipinski definition) is 2. The van der Waals surface area contributed by atoms with Crippen molar-refractivity contribution in [3.8, 4) is 5.75 Å². The number of hydrogen-bond acceptors (Lipinski definition) is 5. The first-order valence-corrected chi connectivity index (χ1v) is 11.1. The number of aryl methyl sites for hydroxylation is 1. The first kappa shape index (κ1) is 22.1. The summed E-state index contributed by atoms with van der Waals surface area (Å²) in [6.07, 6.45) is 0.894. The van der Waals surface area contributed by atoms with Gasteiger partial charge in [0.1, 0.15) is 24.2 Å². The average molecular weight is 447 g/mol. The van der Waals surface area contributed by atoms with Crippen LogP contribution < -0.4 is 15.4 Å². The van der Waals surface area contributed by atoms with Gasteiger partial charge in [-0.25, -0.2) is 4.99 Å². The zero-order valence-corrected chi connectivity index (χ0v) is 19.0. The lowest BCUT2D eigenvalue weighted by Gasteiger charge is -2.18. The lowest BCUT2D eigenvalue weighted by atomic mass is 10.3. The molecule has 3 rings (SSSR count). The van der Waals surface area contributed by atoms with Crippen LogP contribution in [0.4, 0.5) is 0 Å². The van der Waals surface area contributed by atoms with Gasteiger partial charge in [0.25, 0.3) is 0 Å². The lowest BCUT2D eigenvalue weighted by Crippen LogP contribution is -2.42. The van der Waals surface area contributed by atoms with Crippen LogP contribution in [0.5, 0.6) is 5.75 Å².